The third kappa shape index (κ3) is 9.61. The van der Waals surface area contributed by atoms with Crippen molar-refractivity contribution in [3.8, 4) is 0 Å². The van der Waals surface area contributed by atoms with E-state index in [0.717, 1.165) is 0 Å². The summed E-state index contributed by atoms with van der Waals surface area (Å²) < 4.78 is 31.6. The van der Waals surface area contributed by atoms with Crippen molar-refractivity contribution in [2.45, 2.75) is 96.7 Å². The smallest absolute Gasteiger partial charge is 0.338 e. The van der Waals surface area contributed by atoms with Gasteiger partial charge in [-0.1, -0.05) is 32.0 Å². The van der Waals surface area contributed by atoms with Gasteiger partial charge in [0.25, 0.3) is 0 Å². The van der Waals surface area contributed by atoms with E-state index in [1.807, 2.05) is 60.1 Å². The summed E-state index contributed by atoms with van der Waals surface area (Å²) in [6, 6.07) is 8.52. The first-order valence-corrected chi connectivity index (χ1v) is 16.8. The fraction of sp³-hybridized carbons (Fsp3) is 0.750. The minimum Gasteiger partial charge on any atom is -0.463 e. The van der Waals surface area contributed by atoms with Crippen molar-refractivity contribution < 1.29 is 38.1 Å². The Morgan fingerprint density at radius 2 is 1.68 bits per heavy atom. The van der Waals surface area contributed by atoms with Crippen LogP contribution in [0.2, 0.25) is 0 Å². The van der Waals surface area contributed by atoms with E-state index in [1.54, 1.807) is 52.1 Å². The number of methoxy groups -OCH3 is 1. The molecule has 3 rings (SSSR count). The van der Waals surface area contributed by atoms with Gasteiger partial charge in [-0.25, -0.2) is 4.79 Å². The Labute approximate surface area is 282 Å². The van der Waals surface area contributed by atoms with Crippen molar-refractivity contribution >= 4 is 17.7 Å². The van der Waals surface area contributed by atoms with Crippen LogP contribution in [0.1, 0.15) is 64.7 Å². The SMILES string of the molecule is CO[C@]1(C)C[C@@H](C)CN(C)[C@@H](CN(C)C)COC(=O)C(C)(C)C(=O)[C@H](C)[C@H]1O[C@@H]1O[C@H](C)C[C@H](N(C)C)[C@H]1OC(=O)c1ccccc1. The second-order valence-corrected chi connectivity index (χ2v) is 14.9. The lowest BCUT2D eigenvalue weighted by Crippen LogP contribution is -2.60. The van der Waals surface area contributed by atoms with Crippen molar-refractivity contribution in [2.24, 2.45) is 17.3 Å². The summed E-state index contributed by atoms with van der Waals surface area (Å²) in [5.41, 5.74) is -2.02. The molecule has 2 aliphatic heterocycles. The number of ketones is 1. The first kappa shape index (κ1) is 39.0. The summed E-state index contributed by atoms with van der Waals surface area (Å²) in [5, 5.41) is 0. The van der Waals surface area contributed by atoms with E-state index in [2.05, 4.69) is 16.7 Å². The molecular weight excluding hydrogens is 602 g/mol. The molecule has 2 aliphatic rings. The number of Topliss-reactive ketones (excluding diaryl/α,β-unsaturated/α-hetero) is 1. The Kier molecular flexibility index (Phi) is 13.6. The molecule has 0 unspecified atom stereocenters. The molecule has 0 radical (unpaired) electrons. The second-order valence-electron chi connectivity index (χ2n) is 14.9. The number of hydrogen-bond donors (Lipinski definition) is 0. The molecule has 9 atom stereocenters. The van der Waals surface area contributed by atoms with Crippen LogP contribution in [-0.4, -0.2) is 137 Å². The van der Waals surface area contributed by atoms with Gasteiger partial charge in [-0.2, -0.15) is 0 Å². The van der Waals surface area contributed by atoms with E-state index in [4.69, 9.17) is 23.7 Å². The quantitative estimate of drug-likeness (QED) is 0.301. The summed E-state index contributed by atoms with van der Waals surface area (Å²) in [4.78, 5) is 47.5. The second kappa shape index (κ2) is 16.3. The highest BCUT2D eigenvalue weighted by Crippen LogP contribution is 2.39. The third-order valence-corrected chi connectivity index (χ3v) is 9.81. The van der Waals surface area contributed by atoms with Crippen LogP contribution in [0.5, 0.6) is 0 Å². The van der Waals surface area contributed by atoms with E-state index < -0.39 is 47.4 Å². The molecule has 11 nitrogen and oxygen atoms in total. The molecule has 2 fully saturated rings. The summed E-state index contributed by atoms with van der Waals surface area (Å²) in [6.07, 6.45) is -1.75. The number of rotatable bonds is 8. The first-order chi connectivity index (χ1) is 21.9. The topological polar surface area (TPSA) is 107 Å². The lowest BCUT2D eigenvalue weighted by atomic mass is 9.74. The van der Waals surface area contributed by atoms with Gasteiger partial charge in [0, 0.05) is 26.1 Å². The van der Waals surface area contributed by atoms with E-state index in [-0.39, 0.29) is 36.5 Å². The molecule has 2 heterocycles. The lowest BCUT2D eigenvalue weighted by molar-refractivity contribution is -0.295. The Bertz CT molecular complexity index is 1190. The molecule has 0 bridgehead atoms. The fourth-order valence-corrected chi connectivity index (χ4v) is 7.08. The van der Waals surface area contributed by atoms with E-state index >= 15 is 0 Å². The zero-order valence-electron chi connectivity index (χ0n) is 30.6. The van der Waals surface area contributed by atoms with Gasteiger partial charge in [-0.05, 0) is 93.8 Å². The average Bonchev–Trinajstić information content (AvgIpc) is 3.01. The molecule has 1 aromatic rings. The Morgan fingerprint density at radius 3 is 2.26 bits per heavy atom. The summed E-state index contributed by atoms with van der Waals surface area (Å²) in [6.45, 7) is 12.6. The molecule has 0 aromatic heterocycles. The monoisotopic (exact) mass is 661 g/mol. The molecule has 266 valence electrons. The molecular formula is C36H59N3O8. The van der Waals surface area contributed by atoms with Crippen molar-refractivity contribution in [3.63, 3.8) is 0 Å². The molecule has 1 aromatic carbocycles. The van der Waals surface area contributed by atoms with Crippen LogP contribution in [-0.2, 0) is 33.3 Å². The highest BCUT2D eigenvalue weighted by atomic mass is 16.7. The molecule has 0 amide bonds. The maximum Gasteiger partial charge on any atom is 0.338 e. The predicted octanol–water partition coefficient (Wildman–Crippen LogP) is 3.74. The molecule has 0 aliphatic carbocycles. The van der Waals surface area contributed by atoms with E-state index in [0.29, 0.717) is 31.5 Å². The predicted molar refractivity (Wildman–Crippen MR) is 180 cm³/mol. The van der Waals surface area contributed by atoms with E-state index in [9.17, 15) is 14.4 Å². The molecule has 2 saturated heterocycles. The van der Waals surface area contributed by atoms with Crippen molar-refractivity contribution in [2.75, 3.05) is 62.0 Å². The van der Waals surface area contributed by atoms with Gasteiger partial charge in [0.1, 0.15) is 12.0 Å². The van der Waals surface area contributed by atoms with Gasteiger partial charge >= 0.3 is 11.9 Å². The first-order valence-electron chi connectivity index (χ1n) is 16.8. The lowest BCUT2D eigenvalue weighted by Gasteiger charge is -2.47. The van der Waals surface area contributed by atoms with Crippen LogP contribution in [0.3, 0.4) is 0 Å². The van der Waals surface area contributed by atoms with Crippen molar-refractivity contribution in [1.29, 1.82) is 0 Å². The van der Waals surface area contributed by atoms with Gasteiger partial charge in [0.05, 0.1) is 35.5 Å². The van der Waals surface area contributed by atoms with Gasteiger partial charge in [0.15, 0.2) is 18.2 Å². The van der Waals surface area contributed by atoms with E-state index in [1.165, 1.54) is 0 Å². The largest absolute Gasteiger partial charge is 0.463 e. The normalized spacial score (nSPS) is 34.7. The van der Waals surface area contributed by atoms with Crippen LogP contribution in [0.15, 0.2) is 30.3 Å². The third-order valence-electron chi connectivity index (χ3n) is 9.81. The van der Waals surface area contributed by atoms with Crippen LogP contribution >= 0.6 is 0 Å². The van der Waals surface area contributed by atoms with Gasteiger partial charge in [-0.15, -0.1) is 0 Å². The number of benzene rings is 1. The van der Waals surface area contributed by atoms with Gasteiger partial charge in [-0.3, -0.25) is 14.5 Å². The van der Waals surface area contributed by atoms with Crippen LogP contribution in [0.25, 0.3) is 0 Å². The number of esters is 2. The van der Waals surface area contributed by atoms with Crippen molar-refractivity contribution in [1.82, 2.24) is 14.7 Å². The Balaban J connectivity index is 2.07. The zero-order valence-corrected chi connectivity index (χ0v) is 30.6. The van der Waals surface area contributed by atoms with Crippen LogP contribution in [0.4, 0.5) is 0 Å². The standard InChI is InChI=1S/C36H59N3O8/c1-23-19-36(6,43-12)31(25(3)30(40)35(4,5)34(42)44-22-27(21-37(7)8)39(11)20-23)47-33-29(28(38(9)10)18-24(2)45-33)46-32(41)26-16-14-13-15-17-26/h13-17,23-25,27-29,31,33H,18-22H2,1-12H3/t23-,24-,25+,27+,28+,29-,31-,33+,36-/m1/s1. The maximum atomic E-state index is 14.3. The molecule has 47 heavy (non-hydrogen) atoms. The highest BCUT2D eigenvalue weighted by Gasteiger charge is 2.52. The maximum absolute atomic E-state index is 14.3. The minimum absolute atomic E-state index is 0.0681. The number of ether oxygens (including phenoxy) is 5. The molecule has 11 heteroatoms. The average molecular weight is 662 g/mol. The Morgan fingerprint density at radius 1 is 1.04 bits per heavy atom. The molecule has 0 spiro atoms. The van der Waals surface area contributed by atoms with Gasteiger partial charge < -0.3 is 33.5 Å². The fourth-order valence-electron chi connectivity index (χ4n) is 7.08. The number of carbonyl (C=O) groups excluding carboxylic acids is 3. The Hall–Kier alpha value is -2.41. The number of likely N-dealkylation sites (N-methyl/N-ethyl adjacent to an activating group) is 3. The number of cyclic esters (lactones) is 1. The molecule has 0 N–H and O–H groups in total. The number of nitrogens with zero attached hydrogens (tertiary/aromatic N) is 3. The van der Waals surface area contributed by atoms with Crippen LogP contribution < -0.4 is 0 Å². The summed E-state index contributed by atoms with van der Waals surface area (Å²) in [5.74, 6) is -2.10. The minimum atomic E-state index is -1.46. The summed E-state index contributed by atoms with van der Waals surface area (Å²) >= 11 is 0. The summed E-state index contributed by atoms with van der Waals surface area (Å²) in [7, 11) is 11.5. The van der Waals surface area contributed by atoms with Crippen LogP contribution in [0, 0.1) is 17.3 Å². The number of hydrogen-bond acceptors (Lipinski definition) is 11. The zero-order chi connectivity index (χ0) is 35.3. The van der Waals surface area contributed by atoms with Gasteiger partial charge in [0.2, 0.25) is 0 Å². The van der Waals surface area contributed by atoms with Crippen molar-refractivity contribution in [3.05, 3.63) is 35.9 Å². The number of carbonyl (C=O) groups is 3. The highest BCUT2D eigenvalue weighted by molar-refractivity contribution is 6.04. The molecule has 0 saturated carbocycles.